The Kier molecular flexibility index (Phi) is 4.99. The van der Waals surface area contributed by atoms with Gasteiger partial charge in [0.15, 0.2) is 0 Å². The van der Waals surface area contributed by atoms with E-state index in [1.807, 2.05) is 19.4 Å². The van der Waals surface area contributed by atoms with E-state index < -0.39 is 0 Å². The summed E-state index contributed by atoms with van der Waals surface area (Å²) in [5.74, 6) is 1.09. The van der Waals surface area contributed by atoms with Gasteiger partial charge >= 0.3 is 0 Å². The number of rotatable bonds is 5. The summed E-state index contributed by atoms with van der Waals surface area (Å²) in [4.78, 5) is 6.68. The Labute approximate surface area is 116 Å². The predicted molar refractivity (Wildman–Crippen MR) is 76.8 cm³/mol. The lowest BCUT2D eigenvalue weighted by molar-refractivity contribution is 0.0652. The highest BCUT2D eigenvalue weighted by Gasteiger charge is 2.31. The van der Waals surface area contributed by atoms with Crippen molar-refractivity contribution in [1.82, 2.24) is 14.5 Å². The zero-order valence-electron chi connectivity index (χ0n) is 12.3. The minimum Gasteiger partial charge on any atom is -0.396 e. The first-order valence-corrected chi connectivity index (χ1v) is 7.41. The van der Waals surface area contributed by atoms with Crippen LogP contribution in [0.25, 0.3) is 0 Å². The van der Waals surface area contributed by atoms with Crippen LogP contribution in [0.5, 0.6) is 0 Å². The second-order valence-corrected chi connectivity index (χ2v) is 6.20. The third kappa shape index (κ3) is 3.80. The van der Waals surface area contributed by atoms with Gasteiger partial charge in [-0.05, 0) is 19.9 Å². The van der Waals surface area contributed by atoms with Crippen LogP contribution >= 0.6 is 0 Å². The lowest BCUT2D eigenvalue weighted by atomic mass is 9.80. The van der Waals surface area contributed by atoms with E-state index in [0.29, 0.717) is 6.61 Å². The molecule has 1 aromatic heterocycles. The van der Waals surface area contributed by atoms with E-state index in [9.17, 15) is 5.11 Å². The number of hydrogen-bond acceptors (Lipinski definition) is 3. The van der Waals surface area contributed by atoms with Gasteiger partial charge in [0, 0.05) is 38.0 Å². The SMILES string of the molecule is CN(Cc1nccn1C)CC1(CO)CCCCCC1. The molecule has 0 amide bonds. The zero-order chi connectivity index (χ0) is 13.7. The van der Waals surface area contributed by atoms with Crippen molar-refractivity contribution in [2.75, 3.05) is 20.2 Å². The smallest absolute Gasteiger partial charge is 0.122 e. The summed E-state index contributed by atoms with van der Waals surface area (Å²) >= 11 is 0. The first kappa shape index (κ1) is 14.5. The van der Waals surface area contributed by atoms with Gasteiger partial charge in [-0.1, -0.05) is 25.7 Å². The van der Waals surface area contributed by atoms with Crippen molar-refractivity contribution in [1.29, 1.82) is 0 Å². The van der Waals surface area contributed by atoms with Crippen molar-refractivity contribution in [3.05, 3.63) is 18.2 Å². The average molecular weight is 265 g/mol. The van der Waals surface area contributed by atoms with Gasteiger partial charge in [-0.2, -0.15) is 0 Å². The van der Waals surface area contributed by atoms with Crippen molar-refractivity contribution in [3.63, 3.8) is 0 Å². The van der Waals surface area contributed by atoms with E-state index in [2.05, 4.69) is 21.5 Å². The van der Waals surface area contributed by atoms with Crippen LogP contribution in [0.2, 0.25) is 0 Å². The molecule has 19 heavy (non-hydrogen) atoms. The van der Waals surface area contributed by atoms with Gasteiger partial charge in [-0.25, -0.2) is 4.98 Å². The summed E-state index contributed by atoms with van der Waals surface area (Å²) in [6.07, 6.45) is 11.3. The highest BCUT2D eigenvalue weighted by atomic mass is 16.3. The molecule has 4 heteroatoms. The van der Waals surface area contributed by atoms with E-state index in [4.69, 9.17) is 0 Å². The van der Waals surface area contributed by atoms with Crippen LogP contribution in [0, 0.1) is 5.41 Å². The molecule has 0 unspecified atom stereocenters. The summed E-state index contributed by atoms with van der Waals surface area (Å²) in [6, 6.07) is 0. The van der Waals surface area contributed by atoms with Crippen LogP contribution in [-0.2, 0) is 13.6 Å². The predicted octanol–water partition coefficient (Wildman–Crippen LogP) is 2.18. The van der Waals surface area contributed by atoms with Crippen molar-refractivity contribution in [2.45, 2.75) is 45.1 Å². The number of aliphatic hydroxyl groups is 1. The number of nitrogens with zero attached hydrogens (tertiary/aromatic N) is 3. The molecule has 1 saturated carbocycles. The molecule has 1 heterocycles. The summed E-state index contributed by atoms with van der Waals surface area (Å²) in [5.41, 5.74) is 0.108. The van der Waals surface area contributed by atoms with Crippen LogP contribution < -0.4 is 0 Å². The van der Waals surface area contributed by atoms with Crippen molar-refractivity contribution in [3.8, 4) is 0 Å². The molecular formula is C15H27N3O. The normalized spacial score (nSPS) is 19.6. The third-order valence-electron chi connectivity index (χ3n) is 4.44. The number of aliphatic hydroxyl groups excluding tert-OH is 1. The molecule has 0 aromatic carbocycles. The average Bonchev–Trinajstić information content (AvgIpc) is 2.66. The zero-order valence-corrected chi connectivity index (χ0v) is 12.3. The van der Waals surface area contributed by atoms with Crippen LogP contribution in [0.15, 0.2) is 12.4 Å². The van der Waals surface area contributed by atoms with Crippen LogP contribution in [0.3, 0.4) is 0 Å². The lowest BCUT2D eigenvalue weighted by Gasteiger charge is -2.34. The Hall–Kier alpha value is -0.870. The molecule has 108 valence electrons. The molecule has 0 spiro atoms. The van der Waals surface area contributed by atoms with E-state index in [1.165, 1.54) is 25.7 Å². The van der Waals surface area contributed by atoms with E-state index in [1.54, 1.807) is 0 Å². The second kappa shape index (κ2) is 6.53. The molecule has 2 rings (SSSR count). The molecule has 0 saturated heterocycles. The van der Waals surface area contributed by atoms with Crippen LogP contribution in [0.1, 0.15) is 44.3 Å². The molecule has 0 radical (unpaired) electrons. The van der Waals surface area contributed by atoms with Gasteiger partial charge in [0.2, 0.25) is 0 Å². The van der Waals surface area contributed by atoms with Gasteiger partial charge in [0.05, 0.1) is 6.54 Å². The van der Waals surface area contributed by atoms with Crippen molar-refractivity contribution < 1.29 is 5.11 Å². The fourth-order valence-electron chi connectivity index (χ4n) is 3.26. The molecule has 1 N–H and O–H groups in total. The Balaban J connectivity index is 1.95. The first-order valence-electron chi connectivity index (χ1n) is 7.41. The number of aryl methyl sites for hydroxylation is 1. The highest BCUT2D eigenvalue weighted by Crippen LogP contribution is 2.35. The molecule has 0 aliphatic heterocycles. The molecule has 1 aromatic rings. The molecule has 1 aliphatic rings. The topological polar surface area (TPSA) is 41.3 Å². The maximum atomic E-state index is 9.85. The second-order valence-electron chi connectivity index (χ2n) is 6.20. The Morgan fingerprint density at radius 2 is 2.00 bits per heavy atom. The van der Waals surface area contributed by atoms with E-state index in [0.717, 1.165) is 31.8 Å². The fraction of sp³-hybridized carbons (Fsp3) is 0.800. The van der Waals surface area contributed by atoms with E-state index >= 15 is 0 Å². The molecule has 0 atom stereocenters. The summed E-state index contributed by atoms with van der Waals surface area (Å²) < 4.78 is 2.06. The number of aromatic nitrogens is 2. The maximum Gasteiger partial charge on any atom is 0.122 e. The van der Waals surface area contributed by atoms with Crippen molar-refractivity contribution >= 4 is 0 Å². The first-order chi connectivity index (χ1) is 9.15. The summed E-state index contributed by atoms with van der Waals surface area (Å²) in [5, 5.41) is 9.85. The van der Waals surface area contributed by atoms with Gasteiger partial charge in [-0.3, -0.25) is 4.90 Å². The quantitative estimate of drug-likeness (QED) is 0.830. The standard InChI is InChI=1S/C15H27N3O/c1-17(11-14-16-9-10-18(14)2)12-15(13-19)7-5-3-4-6-8-15/h9-10,19H,3-8,11-13H2,1-2H3. The largest absolute Gasteiger partial charge is 0.396 e. The molecular weight excluding hydrogens is 238 g/mol. The Morgan fingerprint density at radius 3 is 2.53 bits per heavy atom. The van der Waals surface area contributed by atoms with Crippen LogP contribution in [0.4, 0.5) is 0 Å². The molecule has 4 nitrogen and oxygen atoms in total. The van der Waals surface area contributed by atoms with Gasteiger partial charge in [-0.15, -0.1) is 0 Å². The fourth-order valence-corrected chi connectivity index (χ4v) is 3.26. The Bertz CT molecular complexity index is 380. The lowest BCUT2D eigenvalue weighted by Crippen LogP contribution is -2.38. The van der Waals surface area contributed by atoms with E-state index in [-0.39, 0.29) is 5.41 Å². The van der Waals surface area contributed by atoms with Gasteiger partial charge in [0.1, 0.15) is 5.82 Å². The van der Waals surface area contributed by atoms with Crippen molar-refractivity contribution in [2.24, 2.45) is 12.5 Å². The monoisotopic (exact) mass is 265 g/mol. The third-order valence-corrected chi connectivity index (χ3v) is 4.44. The van der Waals surface area contributed by atoms with Gasteiger partial charge in [0.25, 0.3) is 0 Å². The molecule has 0 bridgehead atoms. The molecule has 1 fully saturated rings. The minimum atomic E-state index is 0.108. The summed E-state index contributed by atoms with van der Waals surface area (Å²) in [7, 11) is 4.17. The molecule has 1 aliphatic carbocycles. The highest BCUT2D eigenvalue weighted by molar-refractivity contribution is 4.92. The number of imidazole rings is 1. The van der Waals surface area contributed by atoms with Gasteiger partial charge < -0.3 is 9.67 Å². The summed E-state index contributed by atoms with van der Waals surface area (Å²) in [6.45, 7) is 2.14. The number of hydrogen-bond donors (Lipinski definition) is 1. The Morgan fingerprint density at radius 1 is 1.32 bits per heavy atom. The minimum absolute atomic E-state index is 0.108. The maximum absolute atomic E-state index is 9.85. The van der Waals surface area contributed by atoms with Crippen LogP contribution in [-0.4, -0.2) is 39.8 Å².